The molecule has 0 bridgehead atoms. The molecule has 1 aromatic carbocycles. The molecule has 32 heavy (non-hydrogen) atoms. The number of aromatic nitrogens is 4. The smallest absolute Gasteiger partial charge is 0.224 e. The third-order valence-electron chi connectivity index (χ3n) is 5.48. The zero-order valence-electron chi connectivity index (χ0n) is 19.9. The van der Waals surface area contributed by atoms with Crippen molar-refractivity contribution in [2.45, 2.75) is 50.2 Å². The maximum absolute atomic E-state index is 14.3. The Kier molecular flexibility index (Phi) is 4.71. The fourth-order valence-corrected chi connectivity index (χ4v) is 3.88. The summed E-state index contributed by atoms with van der Waals surface area (Å²) in [6.45, 7) is 0.796. The van der Waals surface area contributed by atoms with Gasteiger partial charge >= 0.3 is 0 Å². The molecule has 1 saturated heterocycles. The third kappa shape index (κ3) is 4.09. The van der Waals surface area contributed by atoms with Crippen molar-refractivity contribution in [2.24, 2.45) is 0 Å². The van der Waals surface area contributed by atoms with Crippen LogP contribution >= 0.6 is 0 Å². The molecule has 5 rings (SSSR count). The van der Waals surface area contributed by atoms with Crippen LogP contribution in [0, 0.1) is 17.5 Å². The van der Waals surface area contributed by atoms with Crippen LogP contribution in [0.5, 0.6) is 0 Å². The molecule has 8 nitrogen and oxygen atoms in total. The van der Waals surface area contributed by atoms with Gasteiger partial charge in [-0.1, -0.05) is 0 Å². The number of hydrogen-bond acceptors (Lipinski definition) is 7. The number of aliphatic hydroxyl groups is 1. The van der Waals surface area contributed by atoms with Crippen LogP contribution in [-0.4, -0.2) is 50.0 Å². The zero-order valence-corrected chi connectivity index (χ0v) is 16.9. The molecule has 1 aliphatic heterocycles. The number of rotatable bonds is 5. The molecular formula is C21H23F3N6O2. The molecule has 5 atom stereocenters. The average molecular weight is 451 g/mol. The first-order valence-corrected chi connectivity index (χ1v) is 10.2. The van der Waals surface area contributed by atoms with Crippen molar-refractivity contribution in [3.63, 3.8) is 0 Å². The highest BCUT2D eigenvalue weighted by Crippen LogP contribution is 2.32. The summed E-state index contributed by atoms with van der Waals surface area (Å²) in [5, 5.41) is 15.6. The molecule has 1 aliphatic carbocycles. The molecule has 11 heteroatoms. The Hall–Kier alpha value is -2.92. The lowest BCUT2D eigenvalue weighted by Gasteiger charge is -2.26. The van der Waals surface area contributed by atoms with Gasteiger partial charge < -0.3 is 20.5 Å². The predicted octanol–water partition coefficient (Wildman–Crippen LogP) is 3.66. The minimum absolute atomic E-state index is 0.0568. The van der Waals surface area contributed by atoms with E-state index in [-0.39, 0.29) is 30.8 Å². The van der Waals surface area contributed by atoms with Gasteiger partial charge in [-0.25, -0.2) is 23.1 Å². The van der Waals surface area contributed by atoms with Gasteiger partial charge in [0.25, 0.3) is 0 Å². The van der Waals surface area contributed by atoms with E-state index in [1.54, 1.807) is 4.57 Å². The molecule has 5 unspecified atom stereocenters. The summed E-state index contributed by atoms with van der Waals surface area (Å²) in [6.07, 6.45) is -2.05. The Balaban J connectivity index is 1.50. The Morgan fingerprint density at radius 2 is 1.97 bits per heavy atom. The lowest BCUT2D eigenvalue weighted by molar-refractivity contribution is 0.126. The van der Waals surface area contributed by atoms with Gasteiger partial charge in [0, 0.05) is 27.5 Å². The van der Waals surface area contributed by atoms with E-state index < -0.39 is 48.1 Å². The van der Waals surface area contributed by atoms with Crippen LogP contribution in [0.3, 0.4) is 0 Å². The molecule has 2 fully saturated rings. The predicted molar refractivity (Wildman–Crippen MR) is 111 cm³/mol. The summed E-state index contributed by atoms with van der Waals surface area (Å²) in [4.78, 5) is 13.1. The first-order chi connectivity index (χ1) is 16.6. The van der Waals surface area contributed by atoms with Crippen molar-refractivity contribution in [3.8, 4) is 0 Å². The molecule has 170 valence electrons. The van der Waals surface area contributed by atoms with Gasteiger partial charge in [-0.3, -0.25) is 4.57 Å². The van der Waals surface area contributed by atoms with E-state index in [2.05, 4.69) is 25.6 Å². The van der Waals surface area contributed by atoms with Crippen LogP contribution in [-0.2, 0) is 4.74 Å². The lowest BCUT2D eigenvalue weighted by Crippen LogP contribution is -2.29. The van der Waals surface area contributed by atoms with Crippen molar-refractivity contribution in [3.05, 3.63) is 35.8 Å². The molecular weight excluding hydrogens is 425 g/mol. The minimum Gasteiger partial charge on any atom is -0.393 e. The molecule has 3 N–H and O–H groups in total. The number of nitrogens with one attached hydrogen (secondary N) is 2. The number of benzene rings is 1. The summed E-state index contributed by atoms with van der Waals surface area (Å²) in [7, 11) is 0. The van der Waals surface area contributed by atoms with E-state index in [0.717, 1.165) is 0 Å². The van der Waals surface area contributed by atoms with Gasteiger partial charge in [0.05, 0.1) is 26.3 Å². The second-order valence-electron chi connectivity index (χ2n) is 7.72. The van der Waals surface area contributed by atoms with E-state index >= 15 is 0 Å². The molecule has 0 radical (unpaired) electrons. The highest BCUT2D eigenvalue weighted by Gasteiger charge is 2.27. The molecule has 3 aromatic rings. The Morgan fingerprint density at radius 3 is 2.72 bits per heavy atom. The van der Waals surface area contributed by atoms with Gasteiger partial charge in [-0.2, -0.15) is 4.98 Å². The fraction of sp³-hybridized carbons (Fsp3) is 0.476. The second-order valence-corrected chi connectivity index (χ2v) is 7.72. The quantitative estimate of drug-likeness (QED) is 0.545. The van der Waals surface area contributed by atoms with Gasteiger partial charge in [0.15, 0.2) is 17.3 Å². The second kappa shape index (κ2) is 8.55. The van der Waals surface area contributed by atoms with Gasteiger partial charge in [0.1, 0.15) is 17.0 Å². The largest absolute Gasteiger partial charge is 0.393 e. The number of halogens is 3. The van der Waals surface area contributed by atoms with Gasteiger partial charge in [0.2, 0.25) is 11.9 Å². The molecule has 2 aliphatic rings. The maximum Gasteiger partial charge on any atom is 0.224 e. The summed E-state index contributed by atoms with van der Waals surface area (Å²) in [5.41, 5.74) is 0.120. The SMILES string of the molecule is [2H]C1CC([2H])(O)C([2H])CC1Nc1ncc2nc(Nc3c(F)cc(F)cc3F)n(C3CCOC3)c2n1. The van der Waals surface area contributed by atoms with Crippen molar-refractivity contribution >= 4 is 28.7 Å². The normalized spacial score (nSPS) is 31.8. The van der Waals surface area contributed by atoms with E-state index in [4.69, 9.17) is 8.85 Å². The van der Waals surface area contributed by atoms with Crippen LogP contribution in [0.2, 0.25) is 0 Å². The summed E-state index contributed by atoms with van der Waals surface area (Å²) < 4.78 is 73.1. The maximum atomic E-state index is 14.3. The third-order valence-corrected chi connectivity index (χ3v) is 5.48. The van der Waals surface area contributed by atoms with Crippen LogP contribution in [0.1, 0.15) is 42.2 Å². The molecule has 0 spiro atoms. The summed E-state index contributed by atoms with van der Waals surface area (Å²) >= 11 is 0. The monoisotopic (exact) mass is 451 g/mol. The highest BCUT2D eigenvalue weighted by molar-refractivity contribution is 5.76. The molecule has 2 aromatic heterocycles. The van der Waals surface area contributed by atoms with Crippen molar-refractivity contribution < 1.29 is 27.1 Å². The van der Waals surface area contributed by atoms with Crippen molar-refractivity contribution in [1.29, 1.82) is 0 Å². The summed E-state index contributed by atoms with van der Waals surface area (Å²) in [6, 6.07) is 0.327. The molecule has 0 amide bonds. The standard InChI is InChI=1S/C21H23F3N6O2/c22-11-7-15(23)18(16(24)8-11)28-21-27-17-9-25-20(26-12-1-3-14(31)4-2-12)29-19(17)30(21)13-5-6-32-10-13/h7-9,12-14,31H,1-6,10H2,(H,27,28)(H,25,26,29)/i1D,4D,14D. The Morgan fingerprint density at radius 1 is 1.16 bits per heavy atom. The molecule has 3 heterocycles. The Labute approximate surface area is 186 Å². The van der Waals surface area contributed by atoms with Gasteiger partial charge in [-0.15, -0.1) is 0 Å². The highest BCUT2D eigenvalue weighted by atomic mass is 19.1. The van der Waals surface area contributed by atoms with Crippen LogP contribution in [0.4, 0.5) is 30.8 Å². The van der Waals surface area contributed by atoms with Gasteiger partial charge in [-0.05, 0) is 32.1 Å². The van der Waals surface area contributed by atoms with E-state index in [9.17, 15) is 18.3 Å². The van der Waals surface area contributed by atoms with Crippen molar-refractivity contribution in [1.82, 2.24) is 19.5 Å². The number of ether oxygens (including phenoxy) is 1. The average Bonchev–Trinajstić information content (AvgIpc) is 3.41. The number of imidazole rings is 1. The first-order valence-electron chi connectivity index (χ1n) is 11.9. The topological polar surface area (TPSA) is 97.1 Å². The number of fused-ring (bicyclic) bond motifs is 1. The summed E-state index contributed by atoms with van der Waals surface area (Å²) in [5.74, 6) is -3.05. The molecule has 1 saturated carbocycles. The van der Waals surface area contributed by atoms with E-state index in [1.165, 1.54) is 6.20 Å². The Bertz CT molecular complexity index is 1230. The van der Waals surface area contributed by atoms with E-state index in [0.29, 0.717) is 42.9 Å². The van der Waals surface area contributed by atoms with Crippen LogP contribution in [0.15, 0.2) is 18.3 Å². The van der Waals surface area contributed by atoms with Crippen LogP contribution < -0.4 is 10.6 Å². The lowest BCUT2D eigenvalue weighted by atomic mass is 9.93. The number of hydrogen-bond donors (Lipinski definition) is 3. The minimum atomic E-state index is -1.98. The van der Waals surface area contributed by atoms with E-state index in [1.807, 2.05) is 0 Å². The zero-order chi connectivity index (χ0) is 24.9. The fourth-order valence-electron chi connectivity index (χ4n) is 3.88. The first kappa shape index (κ1) is 17.6. The number of anilines is 3. The number of nitrogens with zero attached hydrogens (tertiary/aromatic N) is 4. The van der Waals surface area contributed by atoms with Crippen molar-refractivity contribution in [2.75, 3.05) is 23.8 Å². The van der Waals surface area contributed by atoms with Crippen LogP contribution in [0.25, 0.3) is 11.2 Å².